The van der Waals surface area contributed by atoms with Crippen LogP contribution in [0.5, 0.6) is 0 Å². The number of rotatable bonds is 6. The average molecular weight is 425 g/mol. The van der Waals surface area contributed by atoms with Crippen molar-refractivity contribution in [1.29, 1.82) is 0 Å². The molecule has 32 heavy (non-hydrogen) atoms. The molecular formula is C26H24N4O2. The van der Waals surface area contributed by atoms with Gasteiger partial charge >= 0.3 is 0 Å². The molecule has 6 heteroatoms. The minimum absolute atomic E-state index is 0.0590. The van der Waals surface area contributed by atoms with E-state index in [-0.39, 0.29) is 11.5 Å². The number of aryl methyl sites for hydroxylation is 2. The predicted octanol–water partition coefficient (Wildman–Crippen LogP) is 4.18. The molecule has 0 unspecified atom stereocenters. The predicted molar refractivity (Wildman–Crippen MR) is 129 cm³/mol. The molecule has 4 rings (SSSR count). The Balaban J connectivity index is 1.53. The fraction of sp³-hybridized carbons (Fsp3) is 0.115. The van der Waals surface area contributed by atoms with E-state index in [0.717, 1.165) is 12.0 Å². The molecule has 6 nitrogen and oxygen atoms in total. The molecule has 3 aromatic carbocycles. The summed E-state index contributed by atoms with van der Waals surface area (Å²) >= 11 is 0. The van der Waals surface area contributed by atoms with Gasteiger partial charge in [-0.25, -0.2) is 4.98 Å². The third-order valence-corrected chi connectivity index (χ3v) is 5.28. The Morgan fingerprint density at radius 1 is 1.06 bits per heavy atom. The zero-order valence-corrected chi connectivity index (χ0v) is 17.8. The Bertz CT molecular complexity index is 1360. The van der Waals surface area contributed by atoms with Crippen LogP contribution in [0.1, 0.15) is 17.0 Å². The van der Waals surface area contributed by atoms with Gasteiger partial charge in [-0.1, -0.05) is 48.5 Å². The van der Waals surface area contributed by atoms with Gasteiger partial charge in [0.05, 0.1) is 22.3 Å². The van der Waals surface area contributed by atoms with Gasteiger partial charge in [0, 0.05) is 12.6 Å². The number of aromatic nitrogens is 2. The summed E-state index contributed by atoms with van der Waals surface area (Å²) in [5.74, 6) is 0.375. The summed E-state index contributed by atoms with van der Waals surface area (Å²) in [6.07, 6.45) is 3.88. The van der Waals surface area contributed by atoms with Crippen LogP contribution in [-0.4, -0.2) is 15.5 Å². The number of carbonyl (C=O) groups excluding carboxylic acids is 1. The summed E-state index contributed by atoms with van der Waals surface area (Å²) in [6.45, 7) is 2.41. The highest BCUT2D eigenvalue weighted by Gasteiger charge is 2.09. The van der Waals surface area contributed by atoms with Gasteiger partial charge in [0.2, 0.25) is 5.91 Å². The van der Waals surface area contributed by atoms with Crippen molar-refractivity contribution in [3.63, 3.8) is 0 Å². The van der Waals surface area contributed by atoms with Gasteiger partial charge in [0.25, 0.3) is 5.56 Å². The van der Waals surface area contributed by atoms with E-state index < -0.39 is 0 Å². The van der Waals surface area contributed by atoms with E-state index in [1.807, 2.05) is 37.3 Å². The van der Waals surface area contributed by atoms with Gasteiger partial charge in [0.15, 0.2) is 0 Å². The van der Waals surface area contributed by atoms with Crippen molar-refractivity contribution < 1.29 is 4.79 Å². The molecule has 0 aliphatic rings. The molecule has 0 bridgehead atoms. The van der Waals surface area contributed by atoms with E-state index in [2.05, 4.69) is 22.4 Å². The summed E-state index contributed by atoms with van der Waals surface area (Å²) in [5.41, 5.74) is 9.43. The van der Waals surface area contributed by atoms with Gasteiger partial charge in [-0.2, -0.15) is 0 Å². The molecule has 1 amide bonds. The van der Waals surface area contributed by atoms with Crippen molar-refractivity contribution in [3.8, 4) is 0 Å². The zero-order valence-electron chi connectivity index (χ0n) is 17.8. The maximum Gasteiger partial charge on any atom is 0.261 e. The van der Waals surface area contributed by atoms with Crippen molar-refractivity contribution >= 4 is 34.3 Å². The minimum Gasteiger partial charge on any atom is -0.397 e. The number of carbonyl (C=O) groups is 1. The third-order valence-electron chi connectivity index (χ3n) is 5.28. The van der Waals surface area contributed by atoms with Crippen molar-refractivity contribution in [1.82, 2.24) is 9.55 Å². The first-order valence-electron chi connectivity index (χ1n) is 10.4. The monoisotopic (exact) mass is 424 g/mol. The fourth-order valence-corrected chi connectivity index (χ4v) is 3.56. The normalized spacial score (nSPS) is 11.2. The molecule has 0 spiro atoms. The Labute approximate surface area is 186 Å². The quantitative estimate of drug-likeness (QED) is 0.359. The zero-order chi connectivity index (χ0) is 22.5. The third kappa shape index (κ3) is 4.75. The Morgan fingerprint density at radius 3 is 2.59 bits per heavy atom. The van der Waals surface area contributed by atoms with Crippen molar-refractivity contribution in [2.24, 2.45) is 0 Å². The van der Waals surface area contributed by atoms with E-state index in [1.54, 1.807) is 41.0 Å². The number of hydrogen-bond acceptors (Lipinski definition) is 4. The van der Waals surface area contributed by atoms with Crippen LogP contribution in [0.3, 0.4) is 0 Å². The van der Waals surface area contributed by atoms with Gasteiger partial charge in [-0.15, -0.1) is 0 Å². The highest BCUT2D eigenvalue weighted by molar-refractivity contribution is 6.03. The lowest BCUT2D eigenvalue weighted by Gasteiger charge is -2.11. The van der Waals surface area contributed by atoms with Crippen LogP contribution < -0.4 is 16.6 Å². The number of nitrogens with two attached hydrogens (primary N) is 1. The molecule has 0 fully saturated rings. The van der Waals surface area contributed by atoms with Crippen molar-refractivity contribution in [2.45, 2.75) is 19.9 Å². The molecule has 4 aromatic rings. The topological polar surface area (TPSA) is 90.0 Å². The van der Waals surface area contributed by atoms with E-state index in [0.29, 0.717) is 34.6 Å². The van der Waals surface area contributed by atoms with Crippen LogP contribution in [0, 0.1) is 6.92 Å². The lowest BCUT2D eigenvalue weighted by molar-refractivity contribution is -0.111. The van der Waals surface area contributed by atoms with Crippen LogP contribution in [-0.2, 0) is 17.8 Å². The van der Waals surface area contributed by atoms with E-state index in [4.69, 9.17) is 5.73 Å². The van der Waals surface area contributed by atoms with E-state index >= 15 is 0 Å². The maximum atomic E-state index is 13.0. The van der Waals surface area contributed by atoms with Crippen molar-refractivity contribution in [3.05, 3.63) is 106 Å². The minimum atomic E-state index is -0.288. The van der Waals surface area contributed by atoms with Gasteiger partial charge in [-0.05, 0) is 54.8 Å². The fourth-order valence-electron chi connectivity index (χ4n) is 3.56. The maximum absolute atomic E-state index is 13.0. The van der Waals surface area contributed by atoms with Crippen LogP contribution in [0.15, 0.2) is 83.7 Å². The number of hydrogen-bond donors (Lipinski definition) is 2. The first kappa shape index (κ1) is 21.1. The smallest absolute Gasteiger partial charge is 0.261 e. The number of fused-ring (bicyclic) bond motifs is 1. The van der Waals surface area contributed by atoms with Gasteiger partial charge in [0.1, 0.15) is 5.82 Å². The van der Waals surface area contributed by atoms with Crippen LogP contribution in [0.25, 0.3) is 17.0 Å². The molecule has 1 heterocycles. The van der Waals surface area contributed by atoms with Crippen LogP contribution in [0.2, 0.25) is 0 Å². The number of anilines is 2. The van der Waals surface area contributed by atoms with Crippen LogP contribution in [0.4, 0.5) is 11.4 Å². The number of amides is 1. The summed E-state index contributed by atoms with van der Waals surface area (Å²) in [5, 5.41) is 3.31. The molecule has 0 aliphatic heterocycles. The molecule has 3 N–H and O–H groups in total. The van der Waals surface area contributed by atoms with Crippen molar-refractivity contribution in [2.75, 3.05) is 11.1 Å². The SMILES string of the molecule is Cc1nc2cc(/C=C/C(=O)Nc3ccccc3N)ccc2c(=O)n1CCc1ccccc1. The number of para-hydroxylation sites is 2. The largest absolute Gasteiger partial charge is 0.397 e. The molecule has 0 saturated heterocycles. The first-order chi connectivity index (χ1) is 15.5. The second-order valence-corrected chi connectivity index (χ2v) is 7.54. The highest BCUT2D eigenvalue weighted by atomic mass is 16.1. The number of nitrogens with one attached hydrogen (secondary N) is 1. The second kappa shape index (κ2) is 9.31. The lowest BCUT2D eigenvalue weighted by Crippen LogP contribution is -2.24. The molecule has 0 atom stereocenters. The van der Waals surface area contributed by atoms with E-state index in [9.17, 15) is 9.59 Å². The Kier molecular flexibility index (Phi) is 6.12. The second-order valence-electron chi connectivity index (χ2n) is 7.54. The Morgan fingerprint density at radius 2 is 1.81 bits per heavy atom. The summed E-state index contributed by atoms with van der Waals surface area (Å²) < 4.78 is 1.71. The van der Waals surface area contributed by atoms with E-state index in [1.165, 1.54) is 11.6 Å². The van der Waals surface area contributed by atoms with Crippen LogP contribution >= 0.6 is 0 Å². The molecular weight excluding hydrogens is 400 g/mol. The standard InChI is InChI=1S/C26H24N4O2/c1-18-28-24-17-20(12-14-25(31)29-23-10-6-5-9-22(23)27)11-13-21(24)26(32)30(18)16-15-19-7-3-2-4-8-19/h2-14,17H,15-16,27H2,1H3,(H,29,31)/b14-12+. The molecule has 0 saturated carbocycles. The van der Waals surface area contributed by atoms with Gasteiger partial charge < -0.3 is 11.1 Å². The summed E-state index contributed by atoms with van der Waals surface area (Å²) in [7, 11) is 0. The Hall–Kier alpha value is -4.19. The molecule has 1 aromatic heterocycles. The number of benzene rings is 3. The highest BCUT2D eigenvalue weighted by Crippen LogP contribution is 2.17. The lowest BCUT2D eigenvalue weighted by atomic mass is 10.1. The molecule has 160 valence electrons. The summed E-state index contributed by atoms with van der Waals surface area (Å²) in [6, 6.07) is 22.5. The number of nitrogens with zero attached hydrogens (tertiary/aromatic N) is 2. The summed E-state index contributed by atoms with van der Waals surface area (Å²) in [4.78, 5) is 29.9. The molecule has 0 radical (unpaired) electrons. The average Bonchev–Trinajstić information content (AvgIpc) is 2.79. The molecule has 0 aliphatic carbocycles. The first-order valence-corrected chi connectivity index (χ1v) is 10.4. The number of nitrogen functional groups attached to an aromatic ring is 1. The van der Waals surface area contributed by atoms with Gasteiger partial charge in [-0.3, -0.25) is 14.2 Å².